The Morgan fingerprint density at radius 2 is 2.10 bits per heavy atom. The molecule has 1 aromatic rings. The van der Waals surface area contributed by atoms with Gasteiger partial charge in [0.2, 0.25) is 6.10 Å². The van der Waals surface area contributed by atoms with Crippen molar-refractivity contribution in [2.45, 2.75) is 12.5 Å². The van der Waals surface area contributed by atoms with Crippen molar-refractivity contribution in [3.8, 4) is 11.5 Å². The van der Waals surface area contributed by atoms with Gasteiger partial charge in [0.05, 0.1) is 11.1 Å². The lowest BCUT2D eigenvalue weighted by Gasteiger charge is -2.16. The highest BCUT2D eigenvalue weighted by molar-refractivity contribution is 9.10. The molecule has 0 amide bonds. The number of hydrogen-bond donors (Lipinski definition) is 1. The van der Waals surface area contributed by atoms with Gasteiger partial charge in [-0.25, -0.2) is 4.79 Å². The molecule has 0 saturated heterocycles. The second-order valence-corrected chi connectivity index (χ2v) is 4.39. The maximum Gasteiger partial charge on any atom is 0.573 e. The van der Waals surface area contributed by atoms with E-state index in [1.807, 2.05) is 0 Å². The normalized spacial score (nSPS) is 12.8. The lowest BCUT2D eigenvalue weighted by atomic mass is 10.3. The second-order valence-electron chi connectivity index (χ2n) is 3.54. The monoisotopic (exact) mass is 358 g/mol. The number of aliphatic carboxylic acids is 1. The number of benzene rings is 1. The third-order valence-corrected chi connectivity index (χ3v) is 2.62. The van der Waals surface area contributed by atoms with E-state index < -0.39 is 24.2 Å². The number of alkyl halides is 3. The van der Waals surface area contributed by atoms with E-state index in [9.17, 15) is 18.0 Å². The quantitative estimate of drug-likeness (QED) is 0.846. The Hall–Kier alpha value is -1.48. The van der Waals surface area contributed by atoms with E-state index in [2.05, 4.69) is 25.4 Å². The van der Waals surface area contributed by atoms with Gasteiger partial charge in [0, 0.05) is 7.11 Å². The number of halogens is 4. The molecule has 0 fully saturated rings. The van der Waals surface area contributed by atoms with Gasteiger partial charge < -0.3 is 19.3 Å². The van der Waals surface area contributed by atoms with Crippen molar-refractivity contribution in [3.63, 3.8) is 0 Å². The Morgan fingerprint density at radius 3 is 2.55 bits per heavy atom. The molecule has 9 heteroatoms. The van der Waals surface area contributed by atoms with E-state index >= 15 is 0 Å². The molecule has 1 atom stereocenters. The van der Waals surface area contributed by atoms with Crippen molar-refractivity contribution in [2.75, 3.05) is 13.7 Å². The van der Waals surface area contributed by atoms with E-state index in [1.54, 1.807) is 0 Å². The molecule has 0 saturated carbocycles. The molecular weight excluding hydrogens is 349 g/mol. The standard InChI is InChI=1S/C11H10BrF3O5/c1-18-5-9(10(16)17)19-8-3-2-6(4-7(8)12)20-11(13,14)15/h2-4,9H,5H2,1H3,(H,16,17). The summed E-state index contributed by atoms with van der Waals surface area (Å²) in [5.41, 5.74) is 0. The van der Waals surface area contributed by atoms with Crippen LogP contribution in [-0.4, -0.2) is 37.3 Å². The Labute approximate surface area is 120 Å². The van der Waals surface area contributed by atoms with Crippen LogP contribution in [0.1, 0.15) is 0 Å². The molecule has 5 nitrogen and oxygen atoms in total. The SMILES string of the molecule is COCC(Oc1ccc(OC(F)(F)F)cc1Br)C(=O)O. The third kappa shape index (κ3) is 5.25. The molecule has 0 aliphatic rings. The van der Waals surface area contributed by atoms with Crippen LogP contribution in [-0.2, 0) is 9.53 Å². The molecule has 0 radical (unpaired) electrons. The fourth-order valence-corrected chi connectivity index (χ4v) is 1.69. The van der Waals surface area contributed by atoms with Crippen molar-refractivity contribution in [1.29, 1.82) is 0 Å². The molecule has 0 bridgehead atoms. The summed E-state index contributed by atoms with van der Waals surface area (Å²) in [5.74, 6) is -1.64. The number of ether oxygens (including phenoxy) is 3. The molecule has 1 unspecified atom stereocenters. The summed E-state index contributed by atoms with van der Waals surface area (Å²) >= 11 is 2.98. The van der Waals surface area contributed by atoms with Gasteiger partial charge >= 0.3 is 12.3 Å². The van der Waals surface area contributed by atoms with Crippen LogP contribution >= 0.6 is 15.9 Å². The molecule has 0 spiro atoms. The number of rotatable bonds is 6. The van der Waals surface area contributed by atoms with Gasteiger partial charge in [-0.05, 0) is 34.1 Å². The highest BCUT2D eigenvalue weighted by atomic mass is 79.9. The smallest absolute Gasteiger partial charge is 0.478 e. The average Bonchev–Trinajstić information content (AvgIpc) is 2.29. The Kier molecular flexibility index (Phi) is 5.63. The largest absolute Gasteiger partial charge is 0.573 e. The molecule has 1 N–H and O–H groups in total. The van der Waals surface area contributed by atoms with E-state index in [0.29, 0.717) is 0 Å². The summed E-state index contributed by atoms with van der Waals surface area (Å²) in [6, 6.07) is 3.20. The highest BCUT2D eigenvalue weighted by Crippen LogP contribution is 2.32. The van der Waals surface area contributed by atoms with Gasteiger partial charge in [0.25, 0.3) is 0 Å². The summed E-state index contributed by atoms with van der Waals surface area (Å²) in [6.07, 6.45) is -6.08. The Balaban J connectivity index is 2.84. The molecule has 0 heterocycles. The van der Waals surface area contributed by atoms with Crippen LogP contribution in [0.5, 0.6) is 11.5 Å². The summed E-state index contributed by atoms with van der Waals surface area (Å²) in [7, 11) is 1.30. The highest BCUT2D eigenvalue weighted by Gasteiger charge is 2.31. The first kappa shape index (κ1) is 16.6. The van der Waals surface area contributed by atoms with Gasteiger partial charge in [0.1, 0.15) is 11.5 Å². The fraction of sp³-hybridized carbons (Fsp3) is 0.364. The first-order chi connectivity index (χ1) is 9.23. The summed E-state index contributed by atoms with van der Waals surface area (Å²) in [4.78, 5) is 10.9. The molecule has 112 valence electrons. The van der Waals surface area contributed by atoms with Crippen LogP contribution in [0.25, 0.3) is 0 Å². The lowest BCUT2D eigenvalue weighted by Crippen LogP contribution is -2.31. The molecule has 1 aromatic carbocycles. The third-order valence-electron chi connectivity index (χ3n) is 2.00. The summed E-state index contributed by atoms with van der Waals surface area (Å²) in [5, 5.41) is 8.87. The van der Waals surface area contributed by atoms with Gasteiger partial charge in [0.15, 0.2) is 0 Å². The first-order valence-corrected chi connectivity index (χ1v) is 5.96. The van der Waals surface area contributed by atoms with Crippen molar-refractivity contribution in [3.05, 3.63) is 22.7 Å². The van der Waals surface area contributed by atoms with E-state index in [4.69, 9.17) is 9.84 Å². The van der Waals surface area contributed by atoms with E-state index in [0.717, 1.165) is 18.2 Å². The number of carboxylic acid groups (broad SMARTS) is 1. The molecular formula is C11H10BrF3O5. The van der Waals surface area contributed by atoms with E-state index in [1.165, 1.54) is 7.11 Å². The summed E-state index contributed by atoms with van der Waals surface area (Å²) < 4.78 is 49.7. The van der Waals surface area contributed by atoms with Crippen LogP contribution in [0, 0.1) is 0 Å². The summed E-state index contributed by atoms with van der Waals surface area (Å²) in [6.45, 7) is -0.206. The first-order valence-electron chi connectivity index (χ1n) is 5.16. The van der Waals surface area contributed by atoms with Crippen molar-refractivity contribution >= 4 is 21.9 Å². The van der Waals surface area contributed by atoms with Gasteiger partial charge in [-0.2, -0.15) is 0 Å². The molecule has 0 aliphatic carbocycles. The minimum Gasteiger partial charge on any atom is -0.478 e. The Morgan fingerprint density at radius 1 is 1.45 bits per heavy atom. The number of methoxy groups -OCH3 is 1. The van der Waals surface area contributed by atoms with Gasteiger partial charge in [-0.1, -0.05) is 0 Å². The average molecular weight is 359 g/mol. The van der Waals surface area contributed by atoms with Crippen LogP contribution in [0.3, 0.4) is 0 Å². The lowest BCUT2D eigenvalue weighted by molar-refractivity contribution is -0.274. The zero-order valence-corrected chi connectivity index (χ0v) is 11.7. The zero-order valence-electron chi connectivity index (χ0n) is 10.1. The molecule has 1 rings (SSSR count). The predicted octanol–water partition coefficient (Wildman–Crippen LogP) is 2.83. The number of carboxylic acids is 1. The maximum absolute atomic E-state index is 12.0. The van der Waals surface area contributed by atoms with Gasteiger partial charge in [-0.3, -0.25) is 0 Å². The maximum atomic E-state index is 12.0. The molecule has 0 aromatic heterocycles. The van der Waals surface area contributed by atoms with Crippen molar-refractivity contribution < 1.29 is 37.3 Å². The minimum absolute atomic E-state index is 0.0592. The van der Waals surface area contributed by atoms with Crippen LogP contribution in [0.2, 0.25) is 0 Å². The molecule has 20 heavy (non-hydrogen) atoms. The predicted molar refractivity (Wildman–Crippen MR) is 64.8 cm³/mol. The van der Waals surface area contributed by atoms with Crippen LogP contribution in [0.4, 0.5) is 13.2 Å². The van der Waals surface area contributed by atoms with Gasteiger partial charge in [-0.15, -0.1) is 13.2 Å². The molecule has 0 aliphatic heterocycles. The van der Waals surface area contributed by atoms with Crippen LogP contribution < -0.4 is 9.47 Å². The van der Waals surface area contributed by atoms with Crippen LogP contribution in [0.15, 0.2) is 22.7 Å². The number of carbonyl (C=O) groups is 1. The van der Waals surface area contributed by atoms with E-state index in [-0.39, 0.29) is 16.8 Å². The minimum atomic E-state index is -4.80. The second kappa shape index (κ2) is 6.80. The zero-order chi connectivity index (χ0) is 15.3. The van der Waals surface area contributed by atoms with Crippen molar-refractivity contribution in [2.24, 2.45) is 0 Å². The Bertz CT molecular complexity index is 478. The number of hydrogen-bond acceptors (Lipinski definition) is 4. The van der Waals surface area contributed by atoms with Crippen molar-refractivity contribution in [1.82, 2.24) is 0 Å². The topological polar surface area (TPSA) is 65.0 Å². The fourth-order valence-electron chi connectivity index (χ4n) is 1.23.